The van der Waals surface area contributed by atoms with Crippen LogP contribution in [0, 0.1) is 0 Å². The number of amides is 1. The molecule has 2 aliphatic carbocycles. The van der Waals surface area contributed by atoms with E-state index >= 15 is 0 Å². The van der Waals surface area contributed by atoms with Gasteiger partial charge in [-0.1, -0.05) is 104 Å². The van der Waals surface area contributed by atoms with Gasteiger partial charge in [0.25, 0.3) is 9.70 Å². The Hall–Kier alpha value is -1.08. The maximum Gasteiger partial charge on any atom is 0.300 e. The van der Waals surface area contributed by atoms with Crippen LogP contribution in [0.3, 0.4) is 0 Å². The molecule has 5 nitrogen and oxygen atoms in total. The second-order valence-corrected chi connectivity index (χ2v) is 11.9. The summed E-state index contributed by atoms with van der Waals surface area (Å²) in [4.78, 5) is 22.6. The molecule has 32 heavy (non-hydrogen) atoms. The largest absolute Gasteiger partial charge is 0.300 e. The van der Waals surface area contributed by atoms with E-state index in [-0.39, 0.29) is 0 Å². The van der Waals surface area contributed by atoms with Crippen LogP contribution in [0.15, 0.2) is 40.3 Å². The maximum absolute atomic E-state index is 12.5. The average Bonchev–Trinajstić information content (AvgIpc) is 3.12. The quantitative estimate of drug-likeness (QED) is 0.465. The molecule has 2 fully saturated rings. The van der Waals surface area contributed by atoms with Crippen LogP contribution in [0.25, 0.3) is 0 Å². The number of carbonyl (C=O) groups is 1. The van der Waals surface area contributed by atoms with Crippen LogP contribution >= 0.6 is 46.3 Å². The van der Waals surface area contributed by atoms with Crippen LogP contribution in [0.1, 0.15) is 75.8 Å². The molecule has 0 unspecified atom stereocenters. The van der Waals surface area contributed by atoms with Crippen molar-refractivity contribution in [3.8, 4) is 0 Å². The average molecular weight is 516 g/mol. The zero-order valence-corrected chi connectivity index (χ0v) is 21.1. The van der Waals surface area contributed by atoms with Gasteiger partial charge in [-0.2, -0.15) is 4.99 Å². The van der Waals surface area contributed by atoms with E-state index in [0.29, 0.717) is 23.4 Å². The van der Waals surface area contributed by atoms with Crippen LogP contribution in [0.4, 0.5) is 0 Å². The lowest BCUT2D eigenvalue weighted by Crippen LogP contribution is -2.35. The zero-order chi connectivity index (χ0) is 22.6. The fourth-order valence-corrected chi connectivity index (χ4v) is 5.83. The van der Waals surface area contributed by atoms with Gasteiger partial charge in [0.2, 0.25) is 10.4 Å². The highest BCUT2D eigenvalue weighted by Gasteiger charge is 2.31. The van der Waals surface area contributed by atoms with E-state index in [1.807, 2.05) is 22.8 Å². The smallest absolute Gasteiger partial charge is 0.282 e. The van der Waals surface area contributed by atoms with Crippen molar-refractivity contribution < 1.29 is 4.79 Å². The highest BCUT2D eigenvalue weighted by atomic mass is 35.6. The minimum absolute atomic E-state index is 0.298. The standard InChI is InChI=1S/C23H29Cl3N4OS/c24-23(25,26)20(31)28-22-29(16-17-10-4-1-5-11-17)21(27-18-12-6-2-7-13-18)30(32-22)19-14-8-3-9-15-19/h1,4-5,10-11,18-19H,2-3,6-9,12-16H2. The predicted molar refractivity (Wildman–Crippen MR) is 131 cm³/mol. The van der Waals surface area contributed by atoms with Gasteiger partial charge in [-0.3, -0.25) is 13.3 Å². The summed E-state index contributed by atoms with van der Waals surface area (Å²) in [6.45, 7) is 0.564. The predicted octanol–water partition coefficient (Wildman–Crippen LogP) is 5.94. The van der Waals surface area contributed by atoms with Crippen molar-refractivity contribution in [2.75, 3.05) is 0 Å². The molecule has 2 saturated carbocycles. The monoisotopic (exact) mass is 514 g/mol. The molecule has 9 heteroatoms. The fourth-order valence-electron chi connectivity index (χ4n) is 4.57. The minimum atomic E-state index is -2.08. The summed E-state index contributed by atoms with van der Waals surface area (Å²) >= 11 is 19.0. The Labute approximate surface area is 207 Å². The maximum atomic E-state index is 12.5. The van der Waals surface area contributed by atoms with Gasteiger partial charge in [0, 0.05) is 6.04 Å². The van der Waals surface area contributed by atoms with Gasteiger partial charge in [0.15, 0.2) is 0 Å². The Bertz CT molecular complexity index is 1040. The Balaban J connectivity index is 1.88. The number of hydrogen-bond acceptors (Lipinski definition) is 3. The van der Waals surface area contributed by atoms with E-state index < -0.39 is 9.70 Å². The molecule has 2 aromatic rings. The number of carbonyl (C=O) groups excluding carboxylic acids is 1. The Kier molecular flexibility index (Phi) is 8.19. The first kappa shape index (κ1) is 24.1. The Morgan fingerprint density at radius 2 is 1.59 bits per heavy atom. The molecule has 0 aliphatic heterocycles. The first-order chi connectivity index (χ1) is 15.4. The summed E-state index contributed by atoms with van der Waals surface area (Å²) in [5, 5.41) is 0. The molecular formula is C23H29Cl3N4OS. The number of hydrogen-bond donors (Lipinski definition) is 0. The van der Waals surface area contributed by atoms with Gasteiger partial charge in [0.05, 0.1) is 12.6 Å². The van der Waals surface area contributed by atoms with Crippen molar-refractivity contribution in [3.63, 3.8) is 0 Å². The minimum Gasteiger partial charge on any atom is -0.282 e. The highest BCUT2D eigenvalue weighted by molar-refractivity contribution is 7.03. The first-order valence-electron chi connectivity index (χ1n) is 11.5. The van der Waals surface area contributed by atoms with Crippen LogP contribution in [0.5, 0.6) is 0 Å². The summed E-state index contributed by atoms with van der Waals surface area (Å²) in [5.74, 6) is -0.773. The summed E-state index contributed by atoms with van der Waals surface area (Å²) in [6.07, 6.45) is 11.8. The molecule has 1 aromatic heterocycles. The van der Waals surface area contributed by atoms with Crippen molar-refractivity contribution in [1.82, 2.24) is 8.52 Å². The second kappa shape index (κ2) is 10.9. The van der Waals surface area contributed by atoms with Gasteiger partial charge in [-0.25, -0.2) is 4.99 Å². The van der Waals surface area contributed by atoms with Crippen molar-refractivity contribution in [2.24, 2.45) is 9.98 Å². The fraction of sp³-hybridized carbons (Fsp3) is 0.609. The second-order valence-electron chi connectivity index (χ2n) is 8.70. The summed E-state index contributed by atoms with van der Waals surface area (Å²) in [5.41, 5.74) is 2.01. The van der Waals surface area contributed by atoms with E-state index in [2.05, 4.69) is 21.1 Å². The first-order valence-corrected chi connectivity index (χ1v) is 13.4. The summed E-state index contributed by atoms with van der Waals surface area (Å²) in [7, 11) is 0. The number of alkyl halides is 3. The summed E-state index contributed by atoms with van der Waals surface area (Å²) < 4.78 is 2.24. The van der Waals surface area contributed by atoms with Crippen molar-refractivity contribution >= 4 is 52.2 Å². The van der Waals surface area contributed by atoms with Crippen LogP contribution in [0.2, 0.25) is 0 Å². The van der Waals surface area contributed by atoms with Crippen molar-refractivity contribution in [1.29, 1.82) is 0 Å². The molecule has 0 spiro atoms. The topological polar surface area (TPSA) is 51.6 Å². The molecule has 0 bridgehead atoms. The van der Waals surface area contributed by atoms with Gasteiger partial charge in [-0.05, 0) is 42.8 Å². The SMILES string of the molecule is O=C(N=c1sn(C2CCCCC2)c(=NC2CCCCC2)n1Cc1ccccc1)C(Cl)(Cl)Cl. The molecule has 4 rings (SSSR count). The number of aromatic nitrogens is 2. The third kappa shape index (κ3) is 6.07. The Morgan fingerprint density at radius 1 is 0.969 bits per heavy atom. The van der Waals surface area contributed by atoms with Crippen LogP contribution in [-0.4, -0.2) is 24.3 Å². The number of nitrogens with zero attached hydrogens (tertiary/aromatic N) is 4. The van der Waals surface area contributed by atoms with Crippen molar-refractivity contribution in [2.45, 2.75) is 86.6 Å². The van der Waals surface area contributed by atoms with Gasteiger partial charge < -0.3 is 0 Å². The van der Waals surface area contributed by atoms with E-state index in [1.54, 1.807) is 0 Å². The van der Waals surface area contributed by atoms with E-state index in [1.165, 1.54) is 50.1 Å². The third-order valence-corrected chi connectivity index (χ3v) is 7.87. The third-order valence-electron chi connectivity index (χ3n) is 6.25. The number of benzene rings is 1. The lowest BCUT2D eigenvalue weighted by Gasteiger charge is -2.23. The molecule has 0 atom stereocenters. The molecule has 1 heterocycles. The van der Waals surface area contributed by atoms with E-state index in [4.69, 9.17) is 39.8 Å². The molecule has 0 saturated heterocycles. The summed E-state index contributed by atoms with van der Waals surface area (Å²) in [6, 6.07) is 10.8. The Morgan fingerprint density at radius 3 is 2.22 bits per heavy atom. The van der Waals surface area contributed by atoms with Gasteiger partial charge >= 0.3 is 0 Å². The molecular weight excluding hydrogens is 487 g/mol. The van der Waals surface area contributed by atoms with Gasteiger partial charge in [-0.15, -0.1) is 0 Å². The van der Waals surface area contributed by atoms with Crippen LogP contribution in [-0.2, 0) is 11.3 Å². The lowest BCUT2D eigenvalue weighted by molar-refractivity contribution is -0.117. The highest BCUT2D eigenvalue weighted by Crippen LogP contribution is 2.29. The molecule has 0 N–H and O–H groups in total. The molecule has 1 aromatic carbocycles. The normalized spacial score (nSPS) is 20.1. The zero-order valence-electron chi connectivity index (χ0n) is 18.1. The van der Waals surface area contributed by atoms with E-state index in [9.17, 15) is 4.79 Å². The number of rotatable bonds is 4. The van der Waals surface area contributed by atoms with Crippen LogP contribution < -0.4 is 10.4 Å². The number of halogens is 3. The molecule has 174 valence electrons. The van der Waals surface area contributed by atoms with Gasteiger partial charge in [0.1, 0.15) is 0 Å². The molecule has 2 aliphatic rings. The van der Waals surface area contributed by atoms with Crippen molar-refractivity contribution in [3.05, 3.63) is 46.3 Å². The van der Waals surface area contributed by atoms with E-state index in [0.717, 1.165) is 36.9 Å². The molecule has 1 amide bonds. The lowest BCUT2D eigenvalue weighted by atomic mass is 9.96. The molecule has 0 radical (unpaired) electrons.